The van der Waals surface area contributed by atoms with E-state index in [0.717, 1.165) is 6.54 Å². The van der Waals surface area contributed by atoms with Gasteiger partial charge in [0.1, 0.15) is 0 Å². The number of rotatable bonds is 1. The third kappa shape index (κ3) is 1.14. The van der Waals surface area contributed by atoms with Crippen molar-refractivity contribution in [1.82, 2.24) is 4.90 Å². The molecule has 0 N–H and O–H groups in total. The molecular weight excluding hydrogens is 202 g/mol. The van der Waals surface area contributed by atoms with E-state index in [4.69, 9.17) is 0 Å². The highest BCUT2D eigenvalue weighted by molar-refractivity contribution is 5.88. The van der Waals surface area contributed by atoms with Crippen LogP contribution in [0.15, 0.2) is 12.2 Å². The van der Waals surface area contributed by atoms with Crippen molar-refractivity contribution < 1.29 is 9.59 Å². The van der Waals surface area contributed by atoms with Gasteiger partial charge in [-0.1, -0.05) is 12.2 Å². The lowest BCUT2D eigenvalue weighted by Crippen LogP contribution is -2.42. The van der Waals surface area contributed by atoms with Crippen LogP contribution in [0.4, 0.5) is 0 Å². The first-order chi connectivity index (χ1) is 7.59. The Labute approximate surface area is 95.5 Å². The Kier molecular flexibility index (Phi) is 2.00. The zero-order valence-electron chi connectivity index (χ0n) is 9.72. The molecule has 1 heterocycles. The molecule has 5 atom stereocenters. The fraction of sp³-hybridized carbons (Fsp3) is 0.692. The molecule has 0 aromatic rings. The quantitative estimate of drug-likeness (QED) is 0.622. The molecule has 2 fully saturated rings. The summed E-state index contributed by atoms with van der Waals surface area (Å²) in [4.78, 5) is 25.1. The summed E-state index contributed by atoms with van der Waals surface area (Å²) in [5.41, 5.74) is 0. The fourth-order valence-corrected chi connectivity index (χ4v) is 4.05. The third-order valence-corrected chi connectivity index (χ3v) is 4.62. The lowest BCUT2D eigenvalue weighted by molar-refractivity contribution is -0.136. The van der Waals surface area contributed by atoms with Gasteiger partial charge < -0.3 is 4.90 Å². The lowest BCUT2D eigenvalue weighted by atomic mass is 9.81. The van der Waals surface area contributed by atoms with Gasteiger partial charge in [0.2, 0.25) is 5.91 Å². The van der Waals surface area contributed by atoms with Gasteiger partial charge in [0.25, 0.3) is 0 Å². The predicted molar refractivity (Wildman–Crippen MR) is 59.6 cm³/mol. The van der Waals surface area contributed by atoms with E-state index in [0.29, 0.717) is 23.7 Å². The number of hydrogen-bond acceptors (Lipinski definition) is 2. The predicted octanol–water partition coefficient (Wildman–Crippen LogP) is 1.24. The van der Waals surface area contributed by atoms with Crippen molar-refractivity contribution in [2.75, 3.05) is 6.54 Å². The molecule has 3 aliphatic rings. The highest BCUT2D eigenvalue weighted by atomic mass is 16.2. The Hall–Kier alpha value is -1.12. The molecule has 0 aromatic carbocycles. The molecule has 86 valence electrons. The minimum absolute atomic E-state index is 0.0500. The van der Waals surface area contributed by atoms with Crippen molar-refractivity contribution >= 4 is 11.7 Å². The number of nitrogens with zero attached hydrogens (tertiary/aromatic N) is 1. The maximum absolute atomic E-state index is 11.8. The highest BCUT2D eigenvalue weighted by Gasteiger charge is 2.56. The summed E-state index contributed by atoms with van der Waals surface area (Å²) < 4.78 is 0. The number of ketones is 1. The van der Waals surface area contributed by atoms with Crippen LogP contribution in [0.25, 0.3) is 0 Å². The van der Waals surface area contributed by atoms with Crippen LogP contribution in [0.2, 0.25) is 0 Å². The molecule has 1 saturated heterocycles. The van der Waals surface area contributed by atoms with Crippen LogP contribution in [0.3, 0.4) is 0 Å². The van der Waals surface area contributed by atoms with Crippen LogP contribution in [-0.4, -0.2) is 29.2 Å². The molecule has 0 spiro atoms. The van der Waals surface area contributed by atoms with E-state index in [1.807, 2.05) is 0 Å². The second-order valence-corrected chi connectivity index (χ2v) is 5.42. The molecule has 16 heavy (non-hydrogen) atoms. The van der Waals surface area contributed by atoms with Crippen molar-refractivity contribution in [2.45, 2.75) is 26.3 Å². The van der Waals surface area contributed by atoms with Crippen molar-refractivity contribution in [3.63, 3.8) is 0 Å². The maximum Gasteiger partial charge on any atom is 0.220 e. The van der Waals surface area contributed by atoms with Gasteiger partial charge in [0.05, 0.1) is 6.04 Å². The van der Waals surface area contributed by atoms with E-state index < -0.39 is 0 Å². The normalized spacial score (nSPS) is 43.9. The zero-order chi connectivity index (χ0) is 11.4. The summed E-state index contributed by atoms with van der Waals surface area (Å²) >= 11 is 0. The first-order valence-electron chi connectivity index (χ1n) is 6.05. The number of likely N-dealkylation sites (tertiary alicyclic amines) is 1. The summed E-state index contributed by atoms with van der Waals surface area (Å²) in [5, 5.41) is 0. The molecular formula is C13H17NO2. The SMILES string of the molecule is CC(=O)[C@@H]1[C@H]2C3C=CC(C3)[C@H]2CN1C(C)=O. The summed E-state index contributed by atoms with van der Waals surface area (Å²) in [5.74, 6) is 2.29. The Morgan fingerprint density at radius 3 is 2.50 bits per heavy atom. The Bertz CT molecular complexity index is 387. The van der Waals surface area contributed by atoms with Gasteiger partial charge in [0.15, 0.2) is 5.78 Å². The summed E-state index contributed by atoms with van der Waals surface area (Å²) in [7, 11) is 0. The lowest BCUT2D eigenvalue weighted by Gasteiger charge is -2.27. The average Bonchev–Trinajstić information content (AvgIpc) is 2.87. The van der Waals surface area contributed by atoms with Gasteiger partial charge >= 0.3 is 0 Å². The number of hydrogen-bond donors (Lipinski definition) is 0. The highest BCUT2D eigenvalue weighted by Crippen LogP contribution is 2.54. The van der Waals surface area contributed by atoms with Crippen LogP contribution >= 0.6 is 0 Å². The summed E-state index contributed by atoms with van der Waals surface area (Å²) in [6.07, 6.45) is 5.74. The standard InChI is InChI=1S/C13H17NO2/c1-7(15)13-12-10-4-3-9(5-10)11(12)6-14(13)8(2)16/h3-4,9-13H,5-6H2,1-2H3/t9?,10?,11-,12+,13-/m1/s1. The number of carbonyl (C=O) groups is 2. The van der Waals surface area contributed by atoms with Gasteiger partial charge in [-0.3, -0.25) is 9.59 Å². The second-order valence-electron chi connectivity index (χ2n) is 5.42. The largest absolute Gasteiger partial charge is 0.332 e. The maximum atomic E-state index is 11.8. The van der Waals surface area contributed by atoms with Crippen molar-refractivity contribution in [3.05, 3.63) is 12.2 Å². The first kappa shape index (κ1) is 10.1. The van der Waals surface area contributed by atoms with Gasteiger partial charge in [-0.25, -0.2) is 0 Å². The molecule has 3 heteroatoms. The molecule has 1 amide bonds. The molecule has 1 saturated carbocycles. The molecule has 2 unspecified atom stereocenters. The van der Waals surface area contributed by atoms with Crippen LogP contribution in [0.5, 0.6) is 0 Å². The van der Waals surface area contributed by atoms with E-state index >= 15 is 0 Å². The number of fused-ring (bicyclic) bond motifs is 5. The van der Waals surface area contributed by atoms with Crippen LogP contribution in [0.1, 0.15) is 20.3 Å². The van der Waals surface area contributed by atoms with Gasteiger partial charge in [-0.15, -0.1) is 0 Å². The number of allylic oxidation sites excluding steroid dienone is 2. The van der Waals surface area contributed by atoms with Gasteiger partial charge in [-0.05, 0) is 37.0 Å². The molecule has 0 aromatic heterocycles. The molecule has 2 bridgehead atoms. The molecule has 2 aliphatic carbocycles. The second kappa shape index (κ2) is 3.19. The van der Waals surface area contributed by atoms with Crippen LogP contribution in [0, 0.1) is 23.7 Å². The molecule has 3 nitrogen and oxygen atoms in total. The van der Waals surface area contributed by atoms with Gasteiger partial charge in [-0.2, -0.15) is 0 Å². The Balaban J connectivity index is 1.95. The van der Waals surface area contributed by atoms with Gasteiger partial charge in [0, 0.05) is 13.5 Å². The topological polar surface area (TPSA) is 37.4 Å². The summed E-state index contributed by atoms with van der Waals surface area (Å²) in [6, 6.07) is -0.151. The third-order valence-electron chi connectivity index (χ3n) is 4.62. The molecule has 1 aliphatic heterocycles. The molecule has 0 radical (unpaired) electrons. The number of amides is 1. The zero-order valence-corrected chi connectivity index (χ0v) is 9.72. The van der Waals surface area contributed by atoms with Crippen LogP contribution < -0.4 is 0 Å². The average molecular weight is 219 g/mol. The Morgan fingerprint density at radius 1 is 1.19 bits per heavy atom. The van der Waals surface area contributed by atoms with Crippen LogP contribution in [-0.2, 0) is 9.59 Å². The van der Waals surface area contributed by atoms with Crippen molar-refractivity contribution in [1.29, 1.82) is 0 Å². The first-order valence-corrected chi connectivity index (χ1v) is 6.05. The van der Waals surface area contributed by atoms with E-state index in [1.54, 1.807) is 18.7 Å². The van der Waals surface area contributed by atoms with Crippen molar-refractivity contribution in [3.8, 4) is 0 Å². The van der Waals surface area contributed by atoms with Crippen molar-refractivity contribution in [2.24, 2.45) is 23.7 Å². The number of Topliss-reactive ketones (excluding diaryl/α,β-unsaturated/α-hetero) is 1. The minimum atomic E-state index is -0.151. The van der Waals surface area contributed by atoms with E-state index in [9.17, 15) is 9.59 Å². The van der Waals surface area contributed by atoms with E-state index in [-0.39, 0.29) is 17.7 Å². The van der Waals surface area contributed by atoms with E-state index in [2.05, 4.69) is 12.2 Å². The number of carbonyl (C=O) groups excluding carboxylic acids is 2. The minimum Gasteiger partial charge on any atom is -0.332 e. The fourth-order valence-electron chi connectivity index (χ4n) is 4.05. The summed E-state index contributed by atoms with van der Waals surface area (Å²) in [6.45, 7) is 3.99. The molecule has 3 rings (SSSR count). The van der Waals surface area contributed by atoms with E-state index in [1.165, 1.54) is 6.42 Å². The smallest absolute Gasteiger partial charge is 0.220 e. The Morgan fingerprint density at radius 2 is 1.88 bits per heavy atom. The monoisotopic (exact) mass is 219 g/mol.